The predicted molar refractivity (Wildman–Crippen MR) is 149 cm³/mol. The summed E-state index contributed by atoms with van der Waals surface area (Å²) in [5, 5.41) is 5.92. The second-order valence-corrected chi connectivity index (χ2v) is 11.9. The molecule has 0 saturated heterocycles. The summed E-state index contributed by atoms with van der Waals surface area (Å²) in [5.74, 6) is 0. The van der Waals surface area contributed by atoms with Gasteiger partial charge in [-0.1, -0.05) is 11.6 Å². The van der Waals surface area contributed by atoms with Gasteiger partial charge in [0.2, 0.25) is 0 Å². The molecule has 5 N–H and O–H groups in total. The van der Waals surface area contributed by atoms with Gasteiger partial charge in [-0.05, 0) is 61.5 Å². The Morgan fingerprint density at radius 3 is 2.49 bits per heavy atom. The van der Waals surface area contributed by atoms with Crippen LogP contribution in [-0.2, 0) is 16.6 Å². The number of carbonyl (C=O) groups excluding carboxylic acids is 1. The summed E-state index contributed by atoms with van der Waals surface area (Å²) in [7, 11) is -4.09. The number of nitrogens with one attached hydrogen (secondary N) is 5. The summed E-state index contributed by atoms with van der Waals surface area (Å²) in [6.07, 6.45) is 1.61. The van der Waals surface area contributed by atoms with Crippen molar-refractivity contribution in [2.75, 3.05) is 10.6 Å². The number of benzene rings is 2. The number of aromatic nitrogens is 4. The molecule has 5 rings (SSSR count). The Balaban J connectivity index is 1.32. The van der Waals surface area contributed by atoms with E-state index in [1.54, 1.807) is 24.5 Å². The number of thiophene rings is 1. The van der Waals surface area contributed by atoms with Crippen LogP contribution in [0.15, 0.2) is 74.7 Å². The van der Waals surface area contributed by atoms with Crippen molar-refractivity contribution in [2.24, 2.45) is 0 Å². The molecule has 3 heterocycles. The van der Waals surface area contributed by atoms with Crippen LogP contribution in [0.25, 0.3) is 16.6 Å². The smallest absolute Gasteiger partial charge is 0.333 e. The van der Waals surface area contributed by atoms with E-state index in [1.165, 1.54) is 36.4 Å². The van der Waals surface area contributed by atoms with Gasteiger partial charge in [0.1, 0.15) is 4.21 Å². The molecule has 12 nitrogen and oxygen atoms in total. The van der Waals surface area contributed by atoms with Crippen molar-refractivity contribution >= 4 is 61.3 Å². The molecule has 15 heteroatoms. The molecule has 3 aromatic heterocycles. The van der Waals surface area contributed by atoms with E-state index in [0.29, 0.717) is 23.1 Å². The number of sulfonamides is 1. The molecule has 0 aliphatic carbocycles. The monoisotopic (exact) mass is 585 g/mol. The molecule has 5 aromatic rings. The molecule has 0 spiro atoms. The number of imidazole rings is 1. The van der Waals surface area contributed by atoms with Crippen LogP contribution in [0, 0.1) is 6.92 Å². The number of aromatic amines is 2. The summed E-state index contributed by atoms with van der Waals surface area (Å²) in [6, 6.07) is 12.5. The van der Waals surface area contributed by atoms with E-state index in [1.807, 2.05) is 11.6 Å². The van der Waals surface area contributed by atoms with Crippen molar-refractivity contribution in [1.82, 2.24) is 24.2 Å². The molecule has 0 unspecified atom stereocenters. The maximum absolute atomic E-state index is 13.2. The zero-order valence-corrected chi connectivity index (χ0v) is 22.5. The van der Waals surface area contributed by atoms with Crippen molar-refractivity contribution in [3.8, 4) is 5.69 Å². The normalized spacial score (nSPS) is 11.4. The van der Waals surface area contributed by atoms with E-state index in [4.69, 9.17) is 11.6 Å². The number of aryl methyl sites for hydroxylation is 1. The predicted octanol–water partition coefficient (Wildman–Crippen LogP) is 3.55. The van der Waals surface area contributed by atoms with Gasteiger partial charge in [0.05, 0.1) is 39.5 Å². The fraction of sp³-hybridized carbons (Fsp3) is 0.0833. The number of hydrogen-bond donors (Lipinski definition) is 5. The Labute approximate surface area is 229 Å². The lowest BCUT2D eigenvalue weighted by atomic mass is 10.2. The highest BCUT2D eigenvalue weighted by Gasteiger charge is 2.20. The Kier molecular flexibility index (Phi) is 6.99. The molecule has 39 heavy (non-hydrogen) atoms. The first-order chi connectivity index (χ1) is 18.6. The van der Waals surface area contributed by atoms with Gasteiger partial charge in [-0.3, -0.25) is 4.79 Å². The summed E-state index contributed by atoms with van der Waals surface area (Å²) < 4.78 is 27.6. The number of hydrogen-bond acceptors (Lipinski definition) is 8. The molecule has 0 bridgehead atoms. The molecule has 0 aliphatic heterocycles. The van der Waals surface area contributed by atoms with Gasteiger partial charge in [0.15, 0.2) is 0 Å². The fourth-order valence-corrected chi connectivity index (χ4v) is 6.17. The minimum atomic E-state index is -4.09. The second-order valence-electron chi connectivity index (χ2n) is 8.32. The average molecular weight is 586 g/mol. The fourth-order valence-electron chi connectivity index (χ4n) is 3.78. The van der Waals surface area contributed by atoms with Crippen LogP contribution in [0.3, 0.4) is 0 Å². The molecule has 0 fully saturated rings. The molecule has 200 valence electrons. The zero-order chi connectivity index (χ0) is 27.7. The molecule has 0 aliphatic rings. The van der Waals surface area contributed by atoms with E-state index < -0.39 is 27.3 Å². The van der Waals surface area contributed by atoms with Crippen LogP contribution < -0.4 is 26.6 Å². The third-order valence-corrected chi connectivity index (χ3v) is 8.77. The number of amides is 2. The van der Waals surface area contributed by atoms with Crippen molar-refractivity contribution in [2.45, 2.75) is 17.7 Å². The molecule has 0 atom stereocenters. The summed E-state index contributed by atoms with van der Waals surface area (Å²) in [5.41, 5.74) is 2.19. The quantitative estimate of drug-likeness (QED) is 0.194. The van der Waals surface area contributed by atoms with E-state index in [2.05, 4.69) is 25.6 Å². The standard InChI is InChI=1S/C24H20ClN7O5S2/c1-13-19(28-12-27-13)11-26-15-4-7-17-18(10-15)30-24(35)32(22(17)33)16-5-2-14(3-6-16)29-23(34)31-39(36,37)21-9-8-20(25)38-21/h2-10,12,26H,11H2,1H3,(H,27,28)(H,30,35)(H2,29,31,34). The van der Waals surface area contributed by atoms with Crippen LogP contribution >= 0.6 is 22.9 Å². The first-order valence-electron chi connectivity index (χ1n) is 11.3. The van der Waals surface area contributed by atoms with Crippen LogP contribution in [0.1, 0.15) is 11.4 Å². The lowest BCUT2D eigenvalue weighted by Crippen LogP contribution is -2.34. The van der Waals surface area contributed by atoms with Gasteiger partial charge in [-0.25, -0.2) is 32.3 Å². The van der Waals surface area contributed by atoms with Gasteiger partial charge in [-0.2, -0.15) is 0 Å². The van der Waals surface area contributed by atoms with E-state index in [-0.39, 0.29) is 19.9 Å². The molecular formula is C24H20ClN7O5S2. The molecule has 0 radical (unpaired) electrons. The lowest BCUT2D eigenvalue weighted by Gasteiger charge is -2.10. The molecule has 2 aromatic carbocycles. The van der Waals surface area contributed by atoms with Crippen molar-refractivity contribution in [3.05, 3.63) is 97.5 Å². The highest BCUT2D eigenvalue weighted by Crippen LogP contribution is 2.25. The van der Waals surface area contributed by atoms with Crippen molar-refractivity contribution in [3.63, 3.8) is 0 Å². The van der Waals surface area contributed by atoms with Crippen LogP contribution in [0.2, 0.25) is 4.34 Å². The van der Waals surface area contributed by atoms with Crippen molar-refractivity contribution in [1.29, 1.82) is 0 Å². The Morgan fingerprint density at radius 1 is 1.08 bits per heavy atom. The topological polar surface area (TPSA) is 171 Å². The highest BCUT2D eigenvalue weighted by molar-refractivity contribution is 7.92. The van der Waals surface area contributed by atoms with Gasteiger partial charge in [-0.15, -0.1) is 11.3 Å². The highest BCUT2D eigenvalue weighted by atomic mass is 35.5. The van der Waals surface area contributed by atoms with Crippen LogP contribution in [0.4, 0.5) is 16.2 Å². The van der Waals surface area contributed by atoms with Crippen LogP contribution in [-0.4, -0.2) is 34.0 Å². The molecular weight excluding hydrogens is 566 g/mol. The van der Waals surface area contributed by atoms with Crippen molar-refractivity contribution < 1.29 is 13.2 Å². The Morgan fingerprint density at radius 2 is 1.82 bits per heavy atom. The summed E-state index contributed by atoms with van der Waals surface area (Å²) in [4.78, 5) is 48.2. The lowest BCUT2D eigenvalue weighted by molar-refractivity contribution is 0.256. The maximum Gasteiger partial charge on any atom is 0.333 e. The number of carbonyl (C=O) groups is 1. The average Bonchev–Trinajstić information content (AvgIpc) is 3.51. The van der Waals surface area contributed by atoms with E-state index in [9.17, 15) is 22.8 Å². The molecule has 0 saturated carbocycles. The maximum atomic E-state index is 13.2. The van der Waals surface area contributed by atoms with Gasteiger partial charge < -0.3 is 20.6 Å². The number of rotatable bonds is 7. The summed E-state index contributed by atoms with van der Waals surface area (Å²) in [6.45, 7) is 2.38. The number of anilines is 2. The minimum absolute atomic E-state index is 0.108. The largest absolute Gasteiger partial charge is 0.379 e. The third kappa shape index (κ3) is 5.57. The molecule has 2 amide bonds. The second kappa shape index (κ2) is 10.4. The number of fused-ring (bicyclic) bond motifs is 1. The number of nitrogens with zero attached hydrogens (tertiary/aromatic N) is 2. The third-order valence-electron chi connectivity index (χ3n) is 5.72. The number of urea groups is 1. The zero-order valence-electron chi connectivity index (χ0n) is 20.1. The van der Waals surface area contributed by atoms with Gasteiger partial charge in [0, 0.05) is 17.1 Å². The van der Waals surface area contributed by atoms with E-state index in [0.717, 1.165) is 27.3 Å². The van der Waals surface area contributed by atoms with Crippen LogP contribution in [0.5, 0.6) is 0 Å². The minimum Gasteiger partial charge on any atom is -0.379 e. The first kappa shape index (κ1) is 26.2. The van der Waals surface area contributed by atoms with Gasteiger partial charge >= 0.3 is 11.7 Å². The Hall–Kier alpha value is -4.40. The summed E-state index contributed by atoms with van der Waals surface area (Å²) >= 11 is 6.58. The van der Waals surface area contributed by atoms with E-state index >= 15 is 0 Å². The Bertz CT molecular complexity index is 1920. The number of H-pyrrole nitrogens is 2. The number of halogens is 1. The SMILES string of the molecule is Cc1[nH]cnc1CNc1ccc2c(=O)n(-c3ccc(NC(=O)NS(=O)(=O)c4ccc(Cl)s4)cc3)c(=O)[nH]c2c1. The van der Waals surface area contributed by atoms with Gasteiger partial charge in [0.25, 0.3) is 15.6 Å². The first-order valence-corrected chi connectivity index (χ1v) is 14.0.